The molecule has 3 aromatic carbocycles. The van der Waals surface area contributed by atoms with Gasteiger partial charge in [-0.15, -0.1) is 5.10 Å². The number of rotatable bonds is 5. The Morgan fingerprint density at radius 2 is 1.49 bits per heavy atom. The molecular formula is C26H16F6N6O. The van der Waals surface area contributed by atoms with Crippen LogP contribution < -0.4 is 5.73 Å². The molecule has 0 unspecified atom stereocenters. The number of H-pyrrole nitrogens is 1. The van der Waals surface area contributed by atoms with E-state index in [9.17, 15) is 31.1 Å². The molecule has 2 aromatic heterocycles. The zero-order chi connectivity index (χ0) is 27.9. The summed E-state index contributed by atoms with van der Waals surface area (Å²) in [5, 5.41) is 11.4. The average molecular weight is 542 g/mol. The topological polar surface area (TPSA) is 102 Å². The molecule has 1 amide bonds. The summed E-state index contributed by atoms with van der Waals surface area (Å²) < 4.78 is 83.7. The van der Waals surface area contributed by atoms with Gasteiger partial charge in [-0.3, -0.25) is 9.89 Å². The van der Waals surface area contributed by atoms with Crippen molar-refractivity contribution in [1.82, 2.24) is 25.0 Å². The molecule has 0 aliphatic heterocycles. The number of aromatic nitrogens is 5. The first kappa shape index (κ1) is 25.7. The highest BCUT2D eigenvalue weighted by atomic mass is 19.4. The molecule has 0 saturated carbocycles. The van der Waals surface area contributed by atoms with Crippen molar-refractivity contribution in [3.05, 3.63) is 89.6 Å². The van der Waals surface area contributed by atoms with E-state index in [0.717, 1.165) is 41.2 Å². The lowest BCUT2D eigenvalue weighted by Gasteiger charge is -2.12. The van der Waals surface area contributed by atoms with Gasteiger partial charge in [0.15, 0.2) is 11.6 Å². The van der Waals surface area contributed by atoms with Gasteiger partial charge in [0.2, 0.25) is 0 Å². The first-order valence-electron chi connectivity index (χ1n) is 11.2. The van der Waals surface area contributed by atoms with Gasteiger partial charge in [0.1, 0.15) is 0 Å². The Bertz CT molecular complexity index is 1730. The van der Waals surface area contributed by atoms with Gasteiger partial charge in [-0.2, -0.15) is 31.4 Å². The van der Waals surface area contributed by atoms with E-state index in [1.807, 2.05) is 0 Å². The number of benzene rings is 3. The number of primary amides is 1. The molecule has 3 N–H and O–H groups in total. The fourth-order valence-corrected chi connectivity index (χ4v) is 4.07. The standard InChI is InChI=1S/C26H16F6N6O/c27-25(28,29)19-7-3-1-5-16(19)23-35-24(17-6-2-4-8-20(17)26(30,31)32)38(37-23)13-18(22(33)39)14-9-10-15-12-34-36-21(15)11-14/h1-13H,(H2,33,39)(H,34,36). The van der Waals surface area contributed by atoms with Crippen LogP contribution in [0.25, 0.3) is 45.5 Å². The fraction of sp³-hybridized carbons (Fsp3) is 0.0769. The second-order valence-corrected chi connectivity index (χ2v) is 8.37. The van der Waals surface area contributed by atoms with E-state index in [-0.39, 0.29) is 11.1 Å². The first-order chi connectivity index (χ1) is 18.4. The molecular weight excluding hydrogens is 526 g/mol. The number of nitrogens with one attached hydrogen (secondary N) is 1. The van der Waals surface area contributed by atoms with E-state index in [1.165, 1.54) is 24.3 Å². The minimum atomic E-state index is -4.82. The fourth-order valence-electron chi connectivity index (χ4n) is 4.07. The van der Waals surface area contributed by atoms with Crippen molar-refractivity contribution in [1.29, 1.82) is 0 Å². The number of halogens is 6. The van der Waals surface area contributed by atoms with Crippen LogP contribution in [0.3, 0.4) is 0 Å². The Labute approximate surface area is 215 Å². The SMILES string of the molecule is NC(=O)C(=Cn1nc(-c2ccccc2C(F)(F)F)nc1-c1ccccc1C(F)(F)F)c1ccc2cn[nH]c2c1. The minimum Gasteiger partial charge on any atom is -0.366 e. The third kappa shape index (κ3) is 4.98. The van der Waals surface area contributed by atoms with Crippen molar-refractivity contribution >= 4 is 28.6 Å². The van der Waals surface area contributed by atoms with Crippen LogP contribution in [-0.2, 0) is 17.1 Å². The molecule has 13 heteroatoms. The Hall–Kier alpha value is -4.94. The van der Waals surface area contributed by atoms with Gasteiger partial charge in [0, 0.05) is 22.7 Å². The lowest BCUT2D eigenvalue weighted by atomic mass is 10.0. The molecule has 0 spiro atoms. The first-order valence-corrected chi connectivity index (χ1v) is 11.2. The number of aromatic amines is 1. The zero-order valence-corrected chi connectivity index (χ0v) is 19.5. The second kappa shape index (κ2) is 9.42. The van der Waals surface area contributed by atoms with Crippen LogP contribution in [-0.4, -0.2) is 30.9 Å². The number of nitrogens with two attached hydrogens (primary N) is 1. The maximum Gasteiger partial charge on any atom is 0.417 e. The highest BCUT2D eigenvalue weighted by Crippen LogP contribution is 2.39. The van der Waals surface area contributed by atoms with Crippen LogP contribution in [0.4, 0.5) is 26.3 Å². The van der Waals surface area contributed by atoms with Crippen molar-refractivity contribution in [3.8, 4) is 22.8 Å². The van der Waals surface area contributed by atoms with Crippen LogP contribution in [0.1, 0.15) is 16.7 Å². The second-order valence-electron chi connectivity index (χ2n) is 8.37. The molecule has 0 fully saturated rings. The normalized spacial score (nSPS) is 12.7. The van der Waals surface area contributed by atoms with Gasteiger partial charge in [-0.25, -0.2) is 9.67 Å². The summed E-state index contributed by atoms with van der Waals surface area (Å²) in [4.78, 5) is 16.5. The summed E-state index contributed by atoms with van der Waals surface area (Å²) in [6.45, 7) is 0. The predicted molar refractivity (Wildman–Crippen MR) is 130 cm³/mol. The summed E-state index contributed by atoms with van der Waals surface area (Å²) in [5.41, 5.74) is 3.13. The number of carbonyl (C=O) groups excluding carboxylic acids is 1. The number of hydrogen-bond acceptors (Lipinski definition) is 4. The highest BCUT2D eigenvalue weighted by Gasteiger charge is 2.37. The highest BCUT2D eigenvalue weighted by molar-refractivity contribution is 6.22. The predicted octanol–water partition coefficient (Wildman–Crippen LogP) is 6.01. The molecule has 0 atom stereocenters. The maximum atomic E-state index is 13.9. The number of carbonyl (C=O) groups is 1. The van der Waals surface area contributed by atoms with Crippen LogP contribution >= 0.6 is 0 Å². The molecule has 7 nitrogen and oxygen atoms in total. The molecule has 5 aromatic rings. The van der Waals surface area contributed by atoms with E-state index in [1.54, 1.807) is 18.3 Å². The molecule has 39 heavy (non-hydrogen) atoms. The maximum absolute atomic E-state index is 13.9. The van der Waals surface area contributed by atoms with Gasteiger partial charge in [-0.05, 0) is 23.8 Å². The monoisotopic (exact) mass is 542 g/mol. The van der Waals surface area contributed by atoms with E-state index >= 15 is 0 Å². The molecule has 0 aliphatic carbocycles. The number of nitrogens with zero attached hydrogens (tertiary/aromatic N) is 4. The largest absolute Gasteiger partial charge is 0.417 e. The molecule has 2 heterocycles. The molecule has 5 rings (SSSR count). The molecule has 0 aliphatic rings. The van der Waals surface area contributed by atoms with Gasteiger partial charge in [0.05, 0.1) is 28.4 Å². The van der Waals surface area contributed by atoms with Crippen molar-refractivity contribution < 1.29 is 31.1 Å². The Morgan fingerprint density at radius 3 is 2.13 bits per heavy atom. The third-order valence-corrected chi connectivity index (χ3v) is 5.85. The van der Waals surface area contributed by atoms with E-state index < -0.39 is 52.2 Å². The quantitative estimate of drug-likeness (QED) is 0.210. The van der Waals surface area contributed by atoms with Crippen LogP contribution in [0.5, 0.6) is 0 Å². The number of hydrogen-bond donors (Lipinski definition) is 2. The van der Waals surface area contributed by atoms with E-state index in [2.05, 4.69) is 20.3 Å². The minimum absolute atomic E-state index is 0.183. The molecule has 198 valence electrons. The number of fused-ring (bicyclic) bond motifs is 1. The smallest absolute Gasteiger partial charge is 0.366 e. The summed E-state index contributed by atoms with van der Waals surface area (Å²) in [7, 11) is 0. The molecule has 0 radical (unpaired) electrons. The third-order valence-electron chi connectivity index (χ3n) is 5.85. The van der Waals surface area contributed by atoms with Gasteiger partial charge in [0.25, 0.3) is 5.91 Å². The van der Waals surface area contributed by atoms with E-state index in [0.29, 0.717) is 10.9 Å². The molecule has 0 saturated heterocycles. The summed E-state index contributed by atoms with van der Waals surface area (Å²) >= 11 is 0. The number of amides is 1. The number of alkyl halides is 6. The van der Waals surface area contributed by atoms with Crippen LogP contribution in [0.2, 0.25) is 0 Å². The van der Waals surface area contributed by atoms with Gasteiger partial charge < -0.3 is 5.73 Å². The van der Waals surface area contributed by atoms with Crippen molar-refractivity contribution in [2.24, 2.45) is 5.73 Å². The summed E-state index contributed by atoms with van der Waals surface area (Å²) in [5.74, 6) is -1.91. The zero-order valence-electron chi connectivity index (χ0n) is 19.5. The summed E-state index contributed by atoms with van der Waals surface area (Å²) in [6.07, 6.45) is -7.03. The lowest BCUT2D eigenvalue weighted by molar-refractivity contribution is -0.137. The Balaban J connectivity index is 1.78. The van der Waals surface area contributed by atoms with Crippen LogP contribution in [0, 0.1) is 0 Å². The van der Waals surface area contributed by atoms with Gasteiger partial charge >= 0.3 is 12.4 Å². The van der Waals surface area contributed by atoms with Crippen LogP contribution in [0.15, 0.2) is 72.9 Å². The lowest BCUT2D eigenvalue weighted by Crippen LogP contribution is -2.14. The summed E-state index contributed by atoms with van der Waals surface area (Å²) in [6, 6.07) is 13.5. The van der Waals surface area contributed by atoms with E-state index in [4.69, 9.17) is 5.73 Å². The molecule has 0 bridgehead atoms. The van der Waals surface area contributed by atoms with Crippen molar-refractivity contribution in [2.45, 2.75) is 12.4 Å². The Kier molecular flexibility index (Phi) is 6.21. The average Bonchev–Trinajstić information content (AvgIpc) is 3.52. The Morgan fingerprint density at radius 1 is 0.872 bits per heavy atom. The van der Waals surface area contributed by atoms with Crippen molar-refractivity contribution in [2.75, 3.05) is 0 Å². The van der Waals surface area contributed by atoms with Crippen molar-refractivity contribution in [3.63, 3.8) is 0 Å². The van der Waals surface area contributed by atoms with Gasteiger partial charge in [-0.1, -0.05) is 48.5 Å².